The Hall–Kier alpha value is -0.580. The van der Waals surface area contributed by atoms with Gasteiger partial charge in [0.05, 0.1) is 0 Å². The quantitative estimate of drug-likeness (QED) is 0.887. The van der Waals surface area contributed by atoms with Crippen LogP contribution in [0.3, 0.4) is 0 Å². The molecule has 0 aliphatic carbocycles. The zero-order valence-electron chi connectivity index (χ0n) is 10.7. The molecule has 1 aliphatic rings. The monoisotopic (exact) mass is 269 g/mol. The maximum absolute atomic E-state index is 14.0. The van der Waals surface area contributed by atoms with Crippen molar-refractivity contribution in [3.63, 3.8) is 0 Å². The molecule has 2 nitrogen and oxygen atoms in total. The smallest absolute Gasteiger partial charge is 0.137 e. The van der Waals surface area contributed by atoms with Crippen molar-refractivity contribution in [2.24, 2.45) is 0 Å². The largest absolute Gasteiger partial charge is 0.381 e. The zero-order chi connectivity index (χ0) is 12.8. The number of halogens is 1. The van der Waals surface area contributed by atoms with Crippen LogP contribution in [0.1, 0.15) is 25.3 Å². The highest BCUT2D eigenvalue weighted by Crippen LogP contribution is 2.31. The summed E-state index contributed by atoms with van der Waals surface area (Å²) in [6, 6.07) is 5.56. The molecule has 1 N–H and O–H groups in total. The van der Waals surface area contributed by atoms with Crippen LogP contribution in [0.25, 0.3) is 0 Å². The van der Waals surface area contributed by atoms with E-state index in [0.29, 0.717) is 5.25 Å². The molecule has 0 bridgehead atoms. The molecule has 100 valence electrons. The number of rotatable bonds is 5. The second-order valence-electron chi connectivity index (χ2n) is 4.47. The minimum Gasteiger partial charge on any atom is -0.381 e. The lowest BCUT2D eigenvalue weighted by molar-refractivity contribution is 0.1000. The average molecular weight is 269 g/mol. The Morgan fingerprint density at radius 2 is 2.17 bits per heavy atom. The Morgan fingerprint density at radius 1 is 1.39 bits per heavy atom. The van der Waals surface area contributed by atoms with E-state index in [1.165, 1.54) is 0 Å². The van der Waals surface area contributed by atoms with Crippen LogP contribution in [0.5, 0.6) is 0 Å². The Balaban J connectivity index is 1.95. The first-order valence-corrected chi connectivity index (χ1v) is 7.41. The van der Waals surface area contributed by atoms with Crippen molar-refractivity contribution < 1.29 is 9.13 Å². The molecule has 0 aromatic heterocycles. The fourth-order valence-corrected chi connectivity index (χ4v) is 3.10. The Kier molecular flexibility index (Phi) is 5.47. The number of nitrogens with one attached hydrogen (secondary N) is 1. The molecule has 0 radical (unpaired) electrons. The molecule has 4 heteroatoms. The highest BCUT2D eigenvalue weighted by molar-refractivity contribution is 8.00. The third-order valence-electron chi connectivity index (χ3n) is 3.04. The Labute approximate surface area is 112 Å². The lowest BCUT2D eigenvalue weighted by Crippen LogP contribution is -2.17. The van der Waals surface area contributed by atoms with Crippen LogP contribution >= 0.6 is 11.8 Å². The van der Waals surface area contributed by atoms with Crippen molar-refractivity contribution in [2.45, 2.75) is 36.5 Å². The average Bonchev–Trinajstić information content (AvgIpc) is 2.40. The summed E-state index contributed by atoms with van der Waals surface area (Å²) in [5, 5.41) is 3.70. The van der Waals surface area contributed by atoms with E-state index in [4.69, 9.17) is 4.74 Å². The standard InChI is InChI=1S/C14H20FNOS/c1-2-16-10-11-3-4-14(13(15)9-11)18-12-5-7-17-8-6-12/h3-4,9,12,16H,2,5-8,10H2,1H3. The summed E-state index contributed by atoms with van der Waals surface area (Å²) in [6.45, 7) is 5.29. The van der Waals surface area contributed by atoms with E-state index in [1.807, 2.05) is 19.1 Å². The van der Waals surface area contributed by atoms with Crippen molar-refractivity contribution in [2.75, 3.05) is 19.8 Å². The van der Waals surface area contributed by atoms with Gasteiger partial charge in [-0.3, -0.25) is 0 Å². The zero-order valence-corrected chi connectivity index (χ0v) is 11.6. The second-order valence-corrected chi connectivity index (χ2v) is 5.82. The number of ether oxygens (including phenoxy) is 1. The van der Waals surface area contributed by atoms with Crippen LogP contribution in [-0.2, 0) is 11.3 Å². The maximum atomic E-state index is 14.0. The van der Waals surface area contributed by atoms with Gasteiger partial charge in [0.2, 0.25) is 0 Å². The molecule has 1 saturated heterocycles. The van der Waals surface area contributed by atoms with Gasteiger partial charge in [-0.1, -0.05) is 13.0 Å². The van der Waals surface area contributed by atoms with Gasteiger partial charge in [0.25, 0.3) is 0 Å². The van der Waals surface area contributed by atoms with E-state index in [9.17, 15) is 4.39 Å². The summed E-state index contributed by atoms with van der Waals surface area (Å²) in [4.78, 5) is 0.766. The van der Waals surface area contributed by atoms with Gasteiger partial charge >= 0.3 is 0 Å². The normalized spacial score (nSPS) is 17.0. The lowest BCUT2D eigenvalue weighted by atomic mass is 10.2. The molecular formula is C14H20FNOS. The van der Waals surface area contributed by atoms with Gasteiger partial charge in [-0.15, -0.1) is 11.8 Å². The summed E-state index contributed by atoms with van der Waals surface area (Å²) in [7, 11) is 0. The van der Waals surface area contributed by atoms with Gasteiger partial charge in [-0.2, -0.15) is 0 Å². The van der Waals surface area contributed by atoms with E-state index in [2.05, 4.69) is 5.32 Å². The molecule has 1 aromatic carbocycles. The number of thioether (sulfide) groups is 1. The summed E-state index contributed by atoms with van der Waals surface area (Å²) in [5.41, 5.74) is 1.01. The van der Waals surface area contributed by atoms with Gasteiger partial charge < -0.3 is 10.1 Å². The molecule has 0 unspecified atom stereocenters. The van der Waals surface area contributed by atoms with Crippen LogP contribution < -0.4 is 5.32 Å². The van der Waals surface area contributed by atoms with E-state index in [1.54, 1.807) is 17.8 Å². The molecule has 18 heavy (non-hydrogen) atoms. The van der Waals surface area contributed by atoms with Gasteiger partial charge in [0.15, 0.2) is 0 Å². The summed E-state index contributed by atoms with van der Waals surface area (Å²) < 4.78 is 19.3. The highest BCUT2D eigenvalue weighted by atomic mass is 32.2. The topological polar surface area (TPSA) is 21.3 Å². The molecule has 0 saturated carbocycles. The highest BCUT2D eigenvalue weighted by Gasteiger charge is 2.16. The van der Waals surface area contributed by atoms with E-state index < -0.39 is 0 Å². The van der Waals surface area contributed by atoms with Crippen LogP contribution in [0.2, 0.25) is 0 Å². The van der Waals surface area contributed by atoms with E-state index in [0.717, 1.165) is 49.6 Å². The molecule has 0 atom stereocenters. The van der Waals surface area contributed by atoms with Crippen molar-refractivity contribution in [3.8, 4) is 0 Å². The molecule has 1 heterocycles. The van der Waals surface area contributed by atoms with E-state index in [-0.39, 0.29) is 5.82 Å². The molecule has 1 fully saturated rings. The van der Waals surface area contributed by atoms with Crippen LogP contribution in [-0.4, -0.2) is 25.0 Å². The fourth-order valence-electron chi connectivity index (χ4n) is 1.99. The van der Waals surface area contributed by atoms with Crippen LogP contribution in [0, 0.1) is 5.82 Å². The maximum Gasteiger partial charge on any atom is 0.137 e. The number of hydrogen-bond acceptors (Lipinski definition) is 3. The first-order valence-electron chi connectivity index (χ1n) is 6.53. The van der Waals surface area contributed by atoms with Crippen molar-refractivity contribution in [1.29, 1.82) is 0 Å². The summed E-state index contributed by atoms with van der Waals surface area (Å²) in [5.74, 6) is -0.0955. The third-order valence-corrected chi connectivity index (χ3v) is 4.43. The SMILES string of the molecule is CCNCc1ccc(SC2CCOCC2)c(F)c1. The second kappa shape index (κ2) is 7.12. The van der Waals surface area contributed by atoms with E-state index >= 15 is 0 Å². The lowest BCUT2D eigenvalue weighted by Gasteiger charge is -2.21. The molecule has 2 rings (SSSR count). The van der Waals surface area contributed by atoms with Crippen molar-refractivity contribution >= 4 is 11.8 Å². The number of hydrogen-bond donors (Lipinski definition) is 1. The molecule has 1 aromatic rings. The van der Waals surface area contributed by atoms with Crippen LogP contribution in [0.15, 0.2) is 23.1 Å². The minimum atomic E-state index is -0.0955. The van der Waals surface area contributed by atoms with Gasteiger partial charge in [-0.25, -0.2) is 4.39 Å². The first-order chi connectivity index (χ1) is 8.79. The van der Waals surface area contributed by atoms with Crippen molar-refractivity contribution in [3.05, 3.63) is 29.6 Å². The minimum absolute atomic E-state index is 0.0955. The predicted molar refractivity (Wildman–Crippen MR) is 73.5 cm³/mol. The first kappa shape index (κ1) is 13.8. The summed E-state index contributed by atoms with van der Waals surface area (Å²) >= 11 is 1.65. The molecular weight excluding hydrogens is 249 g/mol. The van der Waals surface area contributed by atoms with Gasteiger partial charge in [0.1, 0.15) is 5.82 Å². The molecule has 0 spiro atoms. The third kappa shape index (κ3) is 3.97. The Bertz CT molecular complexity index is 380. The Morgan fingerprint density at radius 3 is 2.83 bits per heavy atom. The summed E-state index contributed by atoms with van der Waals surface area (Å²) in [6.07, 6.45) is 2.03. The molecule has 1 aliphatic heterocycles. The van der Waals surface area contributed by atoms with Gasteiger partial charge in [-0.05, 0) is 37.1 Å². The fraction of sp³-hybridized carbons (Fsp3) is 0.571. The predicted octanol–water partition coefficient (Wildman–Crippen LogP) is 3.21. The number of benzene rings is 1. The van der Waals surface area contributed by atoms with Crippen molar-refractivity contribution in [1.82, 2.24) is 5.32 Å². The van der Waals surface area contributed by atoms with Gasteiger partial charge in [0, 0.05) is 29.9 Å². The molecule has 0 amide bonds. The van der Waals surface area contributed by atoms with Crippen LogP contribution in [0.4, 0.5) is 4.39 Å².